The maximum Gasteiger partial charge on any atom is 0.338 e. The smallest absolute Gasteiger partial charge is 0.338 e. The first-order valence-electron chi connectivity index (χ1n) is 11.8. The van der Waals surface area contributed by atoms with Crippen LogP contribution in [0, 0.1) is 0 Å². The number of aromatic amines is 1. The van der Waals surface area contributed by atoms with Crippen molar-refractivity contribution in [3.63, 3.8) is 0 Å². The van der Waals surface area contributed by atoms with Crippen molar-refractivity contribution in [2.45, 2.75) is 13.0 Å². The molecule has 1 atom stereocenters. The highest BCUT2D eigenvalue weighted by atomic mass is 32.1. The summed E-state index contributed by atoms with van der Waals surface area (Å²) in [5.74, 6) is 0.643. The first-order chi connectivity index (χ1) is 18.1. The summed E-state index contributed by atoms with van der Waals surface area (Å²) in [6.07, 6.45) is 5.42. The highest BCUT2D eigenvalue weighted by molar-refractivity contribution is 7.07. The van der Waals surface area contributed by atoms with E-state index < -0.39 is 12.0 Å². The van der Waals surface area contributed by atoms with Gasteiger partial charge >= 0.3 is 5.97 Å². The fourth-order valence-electron chi connectivity index (χ4n) is 4.49. The minimum atomic E-state index is -0.772. The number of carbonyl (C=O) groups is 1. The third-order valence-electron chi connectivity index (χ3n) is 6.13. The lowest BCUT2D eigenvalue weighted by Crippen LogP contribution is -2.40. The van der Waals surface area contributed by atoms with E-state index in [-0.39, 0.29) is 19.0 Å². The van der Waals surface area contributed by atoms with Crippen LogP contribution in [0.3, 0.4) is 0 Å². The Labute approximate surface area is 215 Å². The van der Waals surface area contributed by atoms with Crippen LogP contribution < -0.4 is 29.4 Å². The lowest BCUT2D eigenvalue weighted by atomic mass is 9.93. The van der Waals surface area contributed by atoms with Crippen molar-refractivity contribution in [1.82, 2.24) is 4.57 Å². The predicted octanol–water partition coefficient (Wildman–Crippen LogP) is 2.48. The Morgan fingerprint density at radius 2 is 1.92 bits per heavy atom. The molecule has 184 valence electrons. The molecule has 6 rings (SSSR count). The van der Waals surface area contributed by atoms with Crippen molar-refractivity contribution in [3.05, 3.63) is 115 Å². The molecule has 0 radical (unpaired) electrons. The molecule has 0 amide bonds. The molecule has 0 saturated heterocycles. The molecule has 1 unspecified atom stereocenters. The predicted molar refractivity (Wildman–Crippen MR) is 137 cm³/mol. The van der Waals surface area contributed by atoms with Gasteiger partial charge in [0.2, 0.25) is 6.79 Å². The van der Waals surface area contributed by atoms with Crippen molar-refractivity contribution in [2.24, 2.45) is 4.99 Å². The van der Waals surface area contributed by atoms with Gasteiger partial charge in [-0.25, -0.2) is 14.8 Å². The summed E-state index contributed by atoms with van der Waals surface area (Å²) >= 11 is 1.28. The van der Waals surface area contributed by atoms with Gasteiger partial charge in [-0.05, 0) is 36.3 Å². The number of thiazole rings is 1. The second-order valence-electron chi connectivity index (χ2n) is 8.38. The van der Waals surface area contributed by atoms with Crippen LogP contribution in [0.2, 0.25) is 0 Å². The number of pyridine rings is 1. The van der Waals surface area contributed by atoms with E-state index in [0.29, 0.717) is 37.7 Å². The first-order valence-corrected chi connectivity index (χ1v) is 12.6. The van der Waals surface area contributed by atoms with Crippen molar-refractivity contribution in [3.8, 4) is 11.5 Å². The van der Waals surface area contributed by atoms with Crippen molar-refractivity contribution < 1.29 is 24.0 Å². The number of nitrogens with zero attached hydrogens (tertiary/aromatic N) is 2. The molecule has 0 aliphatic carbocycles. The molecule has 37 heavy (non-hydrogen) atoms. The molecule has 2 aliphatic heterocycles. The normalized spacial score (nSPS) is 16.4. The molecule has 9 heteroatoms. The fourth-order valence-corrected chi connectivity index (χ4v) is 5.49. The van der Waals surface area contributed by atoms with Crippen LogP contribution in [0.4, 0.5) is 0 Å². The minimum absolute atomic E-state index is 0.117. The van der Waals surface area contributed by atoms with Crippen molar-refractivity contribution in [1.29, 1.82) is 0 Å². The third kappa shape index (κ3) is 4.13. The SMILES string of the molecule is CCOC(=O)C1=C(c2ccccc2)N=c2sc(=Cc3cc[nH+]cc3)c(=O)n2C1c1ccc2c(c1)OCO2. The zero-order valence-corrected chi connectivity index (χ0v) is 20.7. The minimum Gasteiger partial charge on any atom is -0.463 e. The van der Waals surface area contributed by atoms with Gasteiger partial charge in [0.15, 0.2) is 28.7 Å². The zero-order chi connectivity index (χ0) is 25.4. The van der Waals surface area contributed by atoms with Crippen LogP contribution >= 0.6 is 11.3 Å². The highest BCUT2D eigenvalue weighted by Crippen LogP contribution is 2.39. The van der Waals surface area contributed by atoms with E-state index in [0.717, 1.165) is 11.1 Å². The maximum atomic E-state index is 13.8. The van der Waals surface area contributed by atoms with Gasteiger partial charge in [-0.3, -0.25) is 9.36 Å². The number of aromatic nitrogens is 2. The summed E-state index contributed by atoms with van der Waals surface area (Å²) in [4.78, 5) is 35.7. The van der Waals surface area contributed by atoms with E-state index in [9.17, 15) is 9.59 Å². The van der Waals surface area contributed by atoms with E-state index in [1.807, 2.05) is 60.7 Å². The van der Waals surface area contributed by atoms with Gasteiger partial charge in [-0.1, -0.05) is 47.7 Å². The zero-order valence-electron chi connectivity index (χ0n) is 19.8. The molecule has 8 nitrogen and oxygen atoms in total. The summed E-state index contributed by atoms with van der Waals surface area (Å²) in [6.45, 7) is 2.06. The van der Waals surface area contributed by atoms with Crippen LogP contribution in [0.5, 0.6) is 11.5 Å². The quantitative estimate of drug-likeness (QED) is 0.383. The molecule has 0 fully saturated rings. The van der Waals surface area contributed by atoms with Crippen molar-refractivity contribution in [2.75, 3.05) is 13.4 Å². The number of nitrogens with one attached hydrogen (secondary N) is 1. The molecule has 2 aliphatic rings. The van der Waals surface area contributed by atoms with E-state index in [2.05, 4.69) is 4.98 Å². The largest absolute Gasteiger partial charge is 0.463 e. The number of hydrogen-bond acceptors (Lipinski definition) is 7. The maximum absolute atomic E-state index is 13.8. The van der Waals surface area contributed by atoms with Gasteiger partial charge in [-0.2, -0.15) is 0 Å². The van der Waals surface area contributed by atoms with Gasteiger partial charge in [0.05, 0.1) is 28.5 Å². The Hall–Kier alpha value is -4.50. The molecule has 4 heterocycles. The lowest BCUT2D eigenvalue weighted by Gasteiger charge is -2.26. The molecular weight excluding hydrogens is 490 g/mol. The van der Waals surface area contributed by atoms with Gasteiger partial charge in [0.1, 0.15) is 0 Å². The number of rotatable bonds is 5. The molecule has 0 spiro atoms. The van der Waals surface area contributed by atoms with Crippen LogP contribution in [0.1, 0.15) is 29.7 Å². The van der Waals surface area contributed by atoms with E-state index >= 15 is 0 Å². The van der Waals surface area contributed by atoms with Crippen LogP contribution in [0.25, 0.3) is 11.8 Å². The molecule has 4 aromatic rings. The molecule has 0 saturated carbocycles. The summed E-state index contributed by atoms with van der Waals surface area (Å²) in [6, 6.07) is 17.9. The van der Waals surface area contributed by atoms with Gasteiger partial charge in [0.25, 0.3) is 5.56 Å². The highest BCUT2D eigenvalue weighted by Gasteiger charge is 2.36. The van der Waals surface area contributed by atoms with Crippen LogP contribution in [-0.2, 0) is 9.53 Å². The summed E-state index contributed by atoms with van der Waals surface area (Å²) < 4.78 is 18.7. The average Bonchev–Trinajstić information content (AvgIpc) is 3.52. The number of esters is 1. The Balaban J connectivity index is 1.66. The van der Waals surface area contributed by atoms with Gasteiger partial charge in [-0.15, -0.1) is 0 Å². The average molecular weight is 513 g/mol. The lowest BCUT2D eigenvalue weighted by molar-refractivity contribution is -0.378. The monoisotopic (exact) mass is 512 g/mol. The van der Waals surface area contributed by atoms with E-state index in [4.69, 9.17) is 19.2 Å². The Morgan fingerprint density at radius 1 is 1.14 bits per heavy atom. The number of hydrogen-bond donors (Lipinski definition) is 0. The number of fused-ring (bicyclic) bond motifs is 2. The first kappa shape index (κ1) is 22.9. The standard InChI is InChI=1S/C28H21N3O5S/c1-2-34-27(33)23-24(18-6-4-3-5-7-18)30-28-31(25(23)19-8-9-20-21(15-19)36-16-35-20)26(32)22(37-28)14-17-10-12-29-13-11-17/h3-15,25H,2,16H2,1H3/p+1. The van der Waals surface area contributed by atoms with Gasteiger partial charge < -0.3 is 14.2 Å². The molecule has 2 aromatic carbocycles. The Kier molecular flexibility index (Phi) is 5.90. The second kappa shape index (κ2) is 9.51. The summed E-state index contributed by atoms with van der Waals surface area (Å²) in [7, 11) is 0. The molecular formula is C28H22N3O5S+. The number of carbonyl (C=O) groups excluding carboxylic acids is 1. The topological polar surface area (TPSA) is 93.3 Å². The van der Waals surface area contributed by atoms with E-state index in [1.54, 1.807) is 30.0 Å². The summed E-state index contributed by atoms with van der Waals surface area (Å²) in [5.41, 5.74) is 2.85. The van der Waals surface area contributed by atoms with Crippen LogP contribution in [0.15, 0.2) is 88.4 Å². The molecule has 0 bridgehead atoms. The number of ether oxygens (including phenoxy) is 3. The van der Waals surface area contributed by atoms with E-state index in [1.165, 1.54) is 11.3 Å². The van der Waals surface area contributed by atoms with Crippen LogP contribution in [-0.4, -0.2) is 23.9 Å². The second-order valence-corrected chi connectivity index (χ2v) is 9.39. The Bertz CT molecular complexity index is 1710. The van der Waals surface area contributed by atoms with Gasteiger partial charge in [0, 0.05) is 17.7 Å². The third-order valence-corrected chi connectivity index (χ3v) is 7.11. The molecule has 1 N–H and O–H groups in total. The van der Waals surface area contributed by atoms with Crippen molar-refractivity contribution >= 4 is 29.1 Å². The number of H-pyrrole nitrogens is 1. The molecule has 2 aromatic heterocycles. The fraction of sp³-hybridized carbons (Fsp3) is 0.143. The Morgan fingerprint density at radius 3 is 2.70 bits per heavy atom. The summed E-state index contributed by atoms with van der Waals surface area (Å²) in [5, 5.41) is 0. The number of benzene rings is 2.